The average Bonchev–Trinajstić information content (AvgIpc) is 3.09. The van der Waals surface area contributed by atoms with Crippen LogP contribution in [-0.2, 0) is 0 Å². The van der Waals surface area contributed by atoms with E-state index in [1.807, 2.05) is 30.3 Å². The lowest BCUT2D eigenvalue weighted by molar-refractivity contribution is 0.470. The van der Waals surface area contributed by atoms with E-state index >= 15 is 0 Å². The maximum absolute atomic E-state index is 6.31. The van der Waals surface area contributed by atoms with Crippen molar-refractivity contribution >= 4 is 37.7 Å². The summed E-state index contributed by atoms with van der Waals surface area (Å²) in [5, 5.41) is 2.39. The monoisotopic (exact) mass is 340 g/mol. The van der Waals surface area contributed by atoms with Gasteiger partial charge in [0.2, 0.25) is 0 Å². The number of H-pyrrole nitrogens is 1. The second-order valence-corrected chi connectivity index (χ2v) is 5.88. The van der Waals surface area contributed by atoms with Gasteiger partial charge in [0.1, 0.15) is 5.76 Å². The Morgan fingerprint density at radius 1 is 0.952 bits per heavy atom. The molecule has 3 N–H and O–H groups in total. The second-order valence-electron chi connectivity index (χ2n) is 5.10. The van der Waals surface area contributed by atoms with Gasteiger partial charge in [-0.3, -0.25) is 0 Å². The van der Waals surface area contributed by atoms with Gasteiger partial charge in [-0.15, -0.1) is 0 Å². The first-order valence-electron chi connectivity index (χ1n) is 6.73. The van der Waals surface area contributed by atoms with Crippen molar-refractivity contribution in [2.24, 2.45) is 5.73 Å². The molecule has 4 aromatic rings. The summed E-state index contributed by atoms with van der Waals surface area (Å²) in [4.78, 5) is 3.42. The van der Waals surface area contributed by atoms with Gasteiger partial charge in [0.15, 0.2) is 4.67 Å². The van der Waals surface area contributed by atoms with Gasteiger partial charge in [-0.2, -0.15) is 0 Å². The highest BCUT2D eigenvalue weighted by Gasteiger charge is 2.14. The van der Waals surface area contributed by atoms with Gasteiger partial charge in [-0.25, -0.2) is 0 Å². The first-order valence-corrected chi connectivity index (χ1v) is 7.53. The van der Waals surface area contributed by atoms with Crippen LogP contribution in [0, 0.1) is 0 Å². The predicted molar refractivity (Wildman–Crippen MR) is 88.2 cm³/mol. The number of rotatable bonds is 2. The van der Waals surface area contributed by atoms with Crippen LogP contribution < -0.4 is 5.73 Å². The maximum Gasteiger partial charge on any atom is 0.169 e. The summed E-state index contributed by atoms with van der Waals surface area (Å²) in [6, 6.07) is 18.0. The fourth-order valence-corrected chi connectivity index (χ4v) is 3.04. The summed E-state index contributed by atoms with van der Waals surface area (Å²) >= 11 is 3.31. The quantitative estimate of drug-likeness (QED) is 0.554. The van der Waals surface area contributed by atoms with Crippen molar-refractivity contribution in [2.45, 2.75) is 6.04 Å². The Bertz CT molecular complexity index is 938. The molecule has 21 heavy (non-hydrogen) atoms. The largest absolute Gasteiger partial charge is 0.452 e. The third-order valence-electron chi connectivity index (χ3n) is 3.79. The molecular formula is C17H13BrN2O. The zero-order valence-corrected chi connectivity index (χ0v) is 12.7. The summed E-state index contributed by atoms with van der Waals surface area (Å²) in [5.41, 5.74) is 9.60. The molecule has 4 rings (SSSR count). The van der Waals surface area contributed by atoms with E-state index in [4.69, 9.17) is 10.2 Å². The standard InChI is InChI=1S/C17H13BrN2O/c18-16-8-7-15(21-16)17(19)10-5-6-14-12(9-10)11-3-1-2-4-13(11)20-14/h1-9,17,20H,19H2. The number of nitrogens with two attached hydrogens (primary N) is 1. The van der Waals surface area contributed by atoms with E-state index in [0.717, 1.165) is 22.4 Å². The predicted octanol–water partition coefficient (Wildman–Crippen LogP) is 4.72. The SMILES string of the molecule is NC(c1ccc2[nH]c3ccccc3c2c1)c1ccc(Br)o1. The van der Waals surface area contributed by atoms with E-state index < -0.39 is 0 Å². The lowest BCUT2D eigenvalue weighted by atomic mass is 10.0. The summed E-state index contributed by atoms with van der Waals surface area (Å²) < 4.78 is 6.26. The summed E-state index contributed by atoms with van der Waals surface area (Å²) in [6.45, 7) is 0. The molecule has 0 saturated carbocycles. The Kier molecular flexibility index (Phi) is 2.87. The van der Waals surface area contributed by atoms with E-state index in [1.165, 1.54) is 10.8 Å². The molecular weight excluding hydrogens is 328 g/mol. The third-order valence-corrected chi connectivity index (χ3v) is 4.22. The van der Waals surface area contributed by atoms with E-state index in [9.17, 15) is 0 Å². The van der Waals surface area contributed by atoms with Crippen molar-refractivity contribution in [2.75, 3.05) is 0 Å². The summed E-state index contributed by atoms with van der Waals surface area (Å²) in [7, 11) is 0. The van der Waals surface area contributed by atoms with Gasteiger partial charge in [0, 0.05) is 21.8 Å². The highest BCUT2D eigenvalue weighted by Crippen LogP contribution is 2.30. The molecule has 3 nitrogen and oxygen atoms in total. The zero-order valence-electron chi connectivity index (χ0n) is 11.1. The molecule has 0 bridgehead atoms. The van der Waals surface area contributed by atoms with Gasteiger partial charge < -0.3 is 15.1 Å². The number of aromatic amines is 1. The Morgan fingerprint density at radius 3 is 2.57 bits per heavy atom. The van der Waals surface area contributed by atoms with Crippen LogP contribution in [0.5, 0.6) is 0 Å². The van der Waals surface area contributed by atoms with Crippen molar-refractivity contribution in [1.82, 2.24) is 4.98 Å². The first-order chi connectivity index (χ1) is 10.2. The normalized spacial score (nSPS) is 13.0. The number of hydrogen-bond donors (Lipinski definition) is 2. The number of aromatic nitrogens is 1. The molecule has 4 heteroatoms. The van der Waals surface area contributed by atoms with Crippen LogP contribution >= 0.6 is 15.9 Å². The molecule has 2 aromatic carbocycles. The molecule has 0 amide bonds. The molecule has 2 aromatic heterocycles. The fraction of sp³-hybridized carbons (Fsp3) is 0.0588. The van der Waals surface area contributed by atoms with Crippen LogP contribution in [0.15, 0.2) is 63.7 Å². The van der Waals surface area contributed by atoms with Crippen molar-refractivity contribution < 1.29 is 4.42 Å². The second kappa shape index (κ2) is 4.76. The molecule has 0 saturated heterocycles. The molecule has 1 unspecified atom stereocenters. The van der Waals surface area contributed by atoms with Crippen LogP contribution in [-0.4, -0.2) is 4.98 Å². The molecule has 0 aliphatic rings. The van der Waals surface area contributed by atoms with Crippen molar-refractivity contribution in [3.05, 3.63) is 70.6 Å². The van der Waals surface area contributed by atoms with Crippen molar-refractivity contribution in [3.8, 4) is 0 Å². The van der Waals surface area contributed by atoms with Crippen LogP contribution in [0.25, 0.3) is 21.8 Å². The van der Waals surface area contributed by atoms with Crippen LogP contribution in [0.3, 0.4) is 0 Å². The molecule has 104 valence electrons. The number of benzene rings is 2. The summed E-state index contributed by atoms with van der Waals surface area (Å²) in [5.74, 6) is 0.751. The Labute approximate surface area is 129 Å². The van der Waals surface area contributed by atoms with Crippen LogP contribution in [0.1, 0.15) is 17.4 Å². The van der Waals surface area contributed by atoms with E-state index in [1.54, 1.807) is 0 Å². The smallest absolute Gasteiger partial charge is 0.169 e. The lowest BCUT2D eigenvalue weighted by Gasteiger charge is -2.09. The lowest BCUT2D eigenvalue weighted by Crippen LogP contribution is -2.10. The van der Waals surface area contributed by atoms with Gasteiger partial charge in [0.25, 0.3) is 0 Å². The van der Waals surface area contributed by atoms with Crippen molar-refractivity contribution in [1.29, 1.82) is 0 Å². The minimum Gasteiger partial charge on any atom is -0.452 e. The van der Waals surface area contributed by atoms with Crippen molar-refractivity contribution in [3.63, 3.8) is 0 Å². The Balaban J connectivity index is 1.88. The van der Waals surface area contributed by atoms with E-state index in [2.05, 4.69) is 45.2 Å². The van der Waals surface area contributed by atoms with Crippen LogP contribution in [0.2, 0.25) is 0 Å². The Morgan fingerprint density at radius 2 is 1.76 bits per heavy atom. The first kappa shape index (κ1) is 12.7. The number of furan rings is 1. The number of halogens is 1. The Hall–Kier alpha value is -2.04. The number of para-hydroxylation sites is 1. The van der Waals surface area contributed by atoms with Gasteiger partial charge in [-0.05, 0) is 51.8 Å². The van der Waals surface area contributed by atoms with E-state index in [-0.39, 0.29) is 6.04 Å². The molecule has 2 heterocycles. The topological polar surface area (TPSA) is 55.0 Å². The maximum atomic E-state index is 6.31. The number of fused-ring (bicyclic) bond motifs is 3. The minimum atomic E-state index is -0.269. The van der Waals surface area contributed by atoms with Gasteiger partial charge in [0.05, 0.1) is 6.04 Å². The van der Waals surface area contributed by atoms with Crippen LogP contribution in [0.4, 0.5) is 0 Å². The van der Waals surface area contributed by atoms with Gasteiger partial charge in [-0.1, -0.05) is 24.3 Å². The third kappa shape index (κ3) is 2.07. The highest BCUT2D eigenvalue weighted by atomic mass is 79.9. The highest BCUT2D eigenvalue weighted by molar-refractivity contribution is 9.10. The molecule has 0 spiro atoms. The molecule has 0 fully saturated rings. The van der Waals surface area contributed by atoms with E-state index in [0.29, 0.717) is 4.67 Å². The molecule has 0 radical (unpaired) electrons. The fourth-order valence-electron chi connectivity index (χ4n) is 2.72. The molecule has 0 aliphatic carbocycles. The summed E-state index contributed by atoms with van der Waals surface area (Å²) in [6.07, 6.45) is 0. The molecule has 1 atom stereocenters. The zero-order chi connectivity index (χ0) is 14.4. The number of hydrogen-bond acceptors (Lipinski definition) is 2. The number of nitrogens with one attached hydrogen (secondary N) is 1. The minimum absolute atomic E-state index is 0.269. The van der Waals surface area contributed by atoms with Gasteiger partial charge >= 0.3 is 0 Å². The molecule has 0 aliphatic heterocycles. The average molecular weight is 341 g/mol.